The highest BCUT2D eigenvalue weighted by Gasteiger charge is 2.12. The molecule has 0 aliphatic heterocycles. The second-order valence-electron chi connectivity index (χ2n) is 6.13. The van der Waals surface area contributed by atoms with Crippen molar-refractivity contribution in [3.63, 3.8) is 0 Å². The van der Waals surface area contributed by atoms with Crippen LogP contribution in [0.4, 0.5) is 10.1 Å². The number of carbonyl (C=O) groups is 1. The van der Waals surface area contributed by atoms with E-state index in [0.29, 0.717) is 17.4 Å². The lowest BCUT2D eigenvalue weighted by atomic mass is 10.2. The van der Waals surface area contributed by atoms with Crippen LogP contribution in [0.5, 0.6) is 0 Å². The summed E-state index contributed by atoms with van der Waals surface area (Å²) in [5.41, 5.74) is 3.31. The van der Waals surface area contributed by atoms with E-state index >= 15 is 0 Å². The van der Waals surface area contributed by atoms with Crippen molar-refractivity contribution in [2.45, 2.75) is 25.2 Å². The zero-order valence-corrected chi connectivity index (χ0v) is 15.7. The molecule has 0 bridgehead atoms. The van der Waals surface area contributed by atoms with Gasteiger partial charge < -0.3 is 15.0 Å². The molecule has 2 N–H and O–H groups in total. The molecule has 0 saturated heterocycles. The normalized spacial score (nSPS) is 10.8. The molecule has 0 spiro atoms. The molecular weight excluding hydrogens is 365 g/mol. The summed E-state index contributed by atoms with van der Waals surface area (Å²) in [5.74, 6) is -0.229. The van der Waals surface area contributed by atoms with Gasteiger partial charge in [0, 0.05) is 18.4 Å². The second-order valence-corrected chi connectivity index (χ2v) is 7.07. The fourth-order valence-electron chi connectivity index (χ4n) is 2.51. The molecule has 1 amide bonds. The number of hydrogen-bond acceptors (Lipinski definition) is 4. The first-order valence-corrected chi connectivity index (χ1v) is 9.43. The maximum absolute atomic E-state index is 13.1. The van der Waals surface area contributed by atoms with Crippen LogP contribution in [-0.2, 0) is 17.9 Å². The first-order valence-electron chi connectivity index (χ1n) is 8.44. The van der Waals surface area contributed by atoms with Gasteiger partial charge in [-0.25, -0.2) is 9.37 Å². The Kier molecular flexibility index (Phi) is 6.26. The Morgan fingerprint density at radius 1 is 1.19 bits per heavy atom. The molecule has 3 rings (SSSR count). The van der Waals surface area contributed by atoms with Crippen molar-refractivity contribution in [1.29, 1.82) is 0 Å². The quantitative estimate of drug-likeness (QED) is 0.610. The zero-order valence-electron chi connectivity index (χ0n) is 14.9. The van der Waals surface area contributed by atoms with Crippen molar-refractivity contribution in [2.75, 3.05) is 11.1 Å². The van der Waals surface area contributed by atoms with E-state index in [1.54, 1.807) is 18.3 Å². The van der Waals surface area contributed by atoms with Gasteiger partial charge in [-0.05, 0) is 36.8 Å². The minimum Gasteiger partial charge on any atom is -0.390 e. The first-order chi connectivity index (χ1) is 13.0. The highest BCUT2D eigenvalue weighted by Crippen LogP contribution is 2.20. The van der Waals surface area contributed by atoms with E-state index in [4.69, 9.17) is 0 Å². The lowest BCUT2D eigenvalue weighted by Gasteiger charge is -2.08. The molecule has 3 aromatic rings. The summed E-state index contributed by atoms with van der Waals surface area (Å²) in [5, 5.41) is 12.8. The minimum absolute atomic E-state index is 0.134. The molecule has 0 unspecified atom stereocenters. The number of aromatic nitrogens is 2. The SMILES string of the molecule is Cc1ccc(NC(=O)CSc2nc(CO)cn2Cc2ccc(F)cc2)cc1. The Balaban J connectivity index is 1.64. The van der Waals surface area contributed by atoms with Crippen LogP contribution < -0.4 is 5.32 Å². The lowest BCUT2D eigenvalue weighted by molar-refractivity contribution is -0.113. The number of aliphatic hydroxyl groups is 1. The van der Waals surface area contributed by atoms with Gasteiger partial charge in [-0.15, -0.1) is 0 Å². The van der Waals surface area contributed by atoms with E-state index in [-0.39, 0.29) is 24.1 Å². The van der Waals surface area contributed by atoms with Gasteiger partial charge in [-0.2, -0.15) is 0 Å². The zero-order chi connectivity index (χ0) is 19.2. The van der Waals surface area contributed by atoms with Gasteiger partial charge in [0.25, 0.3) is 0 Å². The van der Waals surface area contributed by atoms with Crippen molar-refractivity contribution in [3.8, 4) is 0 Å². The molecule has 0 atom stereocenters. The van der Waals surface area contributed by atoms with Gasteiger partial charge >= 0.3 is 0 Å². The molecule has 0 aliphatic carbocycles. The predicted molar refractivity (Wildman–Crippen MR) is 104 cm³/mol. The van der Waals surface area contributed by atoms with E-state index in [0.717, 1.165) is 16.8 Å². The predicted octanol–water partition coefficient (Wildman–Crippen LogP) is 3.60. The van der Waals surface area contributed by atoms with Crippen LogP contribution in [0.25, 0.3) is 0 Å². The summed E-state index contributed by atoms with van der Waals surface area (Å²) < 4.78 is 14.9. The number of amides is 1. The van der Waals surface area contributed by atoms with Crippen LogP contribution in [0.3, 0.4) is 0 Å². The average molecular weight is 385 g/mol. The molecule has 0 aliphatic rings. The monoisotopic (exact) mass is 385 g/mol. The number of imidazole rings is 1. The third kappa shape index (κ3) is 5.42. The standard InChI is InChI=1S/C20H20FN3O2S/c1-14-2-8-17(9-3-14)22-19(26)13-27-20-23-18(12-25)11-24(20)10-15-4-6-16(21)7-5-15/h2-9,11,25H,10,12-13H2,1H3,(H,22,26). The molecular formula is C20H20FN3O2S. The molecule has 1 heterocycles. The number of aliphatic hydroxyl groups excluding tert-OH is 1. The minimum atomic E-state index is -0.289. The highest BCUT2D eigenvalue weighted by molar-refractivity contribution is 7.99. The summed E-state index contributed by atoms with van der Waals surface area (Å²) >= 11 is 1.29. The number of halogens is 1. The van der Waals surface area contributed by atoms with E-state index < -0.39 is 0 Å². The van der Waals surface area contributed by atoms with Gasteiger partial charge in [-0.3, -0.25) is 4.79 Å². The maximum atomic E-state index is 13.1. The van der Waals surface area contributed by atoms with Crippen molar-refractivity contribution in [3.05, 3.63) is 77.4 Å². The number of thioether (sulfide) groups is 1. The Hall–Kier alpha value is -2.64. The number of aryl methyl sites for hydroxylation is 1. The van der Waals surface area contributed by atoms with E-state index in [2.05, 4.69) is 10.3 Å². The van der Waals surface area contributed by atoms with Crippen LogP contribution in [0.15, 0.2) is 59.9 Å². The van der Waals surface area contributed by atoms with E-state index in [1.165, 1.54) is 23.9 Å². The molecule has 1 aromatic heterocycles. The number of carbonyl (C=O) groups excluding carboxylic acids is 1. The van der Waals surface area contributed by atoms with E-state index in [1.807, 2.05) is 35.8 Å². The average Bonchev–Trinajstić information content (AvgIpc) is 3.06. The Morgan fingerprint density at radius 2 is 1.89 bits per heavy atom. The summed E-state index contributed by atoms with van der Waals surface area (Å²) in [6.45, 7) is 2.29. The Labute approximate surface area is 161 Å². The Morgan fingerprint density at radius 3 is 2.56 bits per heavy atom. The topological polar surface area (TPSA) is 67.2 Å². The number of nitrogens with zero attached hydrogens (tertiary/aromatic N) is 2. The number of benzene rings is 2. The molecule has 27 heavy (non-hydrogen) atoms. The van der Waals surface area contributed by atoms with Gasteiger partial charge in [0.1, 0.15) is 5.82 Å². The molecule has 0 radical (unpaired) electrons. The summed E-state index contributed by atoms with van der Waals surface area (Å²) in [7, 11) is 0. The Bertz CT molecular complexity index is 908. The number of hydrogen-bond donors (Lipinski definition) is 2. The molecule has 7 heteroatoms. The first kappa shape index (κ1) is 19.1. The van der Waals surface area contributed by atoms with Crippen LogP contribution >= 0.6 is 11.8 Å². The fraction of sp³-hybridized carbons (Fsp3) is 0.200. The highest BCUT2D eigenvalue weighted by atomic mass is 32.2. The van der Waals surface area contributed by atoms with Crippen LogP contribution in [0, 0.1) is 12.7 Å². The van der Waals surface area contributed by atoms with Crippen LogP contribution in [-0.4, -0.2) is 26.3 Å². The second kappa shape index (κ2) is 8.83. The lowest BCUT2D eigenvalue weighted by Crippen LogP contribution is -2.14. The van der Waals surface area contributed by atoms with Gasteiger partial charge in [0.15, 0.2) is 5.16 Å². The number of rotatable bonds is 7. The van der Waals surface area contributed by atoms with Crippen molar-refractivity contribution < 1.29 is 14.3 Å². The molecule has 140 valence electrons. The van der Waals surface area contributed by atoms with Gasteiger partial charge in [-0.1, -0.05) is 41.6 Å². The summed E-state index contributed by atoms with van der Waals surface area (Å²) in [6, 6.07) is 13.8. The van der Waals surface area contributed by atoms with E-state index in [9.17, 15) is 14.3 Å². The third-order valence-corrected chi connectivity index (χ3v) is 4.88. The summed E-state index contributed by atoms with van der Waals surface area (Å²) in [6.07, 6.45) is 1.74. The number of nitrogens with one attached hydrogen (secondary N) is 1. The number of anilines is 1. The van der Waals surface area contributed by atoms with Crippen molar-refractivity contribution in [1.82, 2.24) is 9.55 Å². The van der Waals surface area contributed by atoms with Crippen molar-refractivity contribution >= 4 is 23.4 Å². The van der Waals surface area contributed by atoms with Gasteiger partial charge in [0.05, 0.1) is 18.1 Å². The third-order valence-electron chi connectivity index (χ3n) is 3.89. The van der Waals surface area contributed by atoms with Crippen molar-refractivity contribution in [2.24, 2.45) is 0 Å². The van der Waals surface area contributed by atoms with Crippen LogP contribution in [0.1, 0.15) is 16.8 Å². The molecule has 5 nitrogen and oxygen atoms in total. The smallest absolute Gasteiger partial charge is 0.234 e. The van der Waals surface area contributed by atoms with Crippen LogP contribution in [0.2, 0.25) is 0 Å². The summed E-state index contributed by atoms with van der Waals surface area (Å²) in [4.78, 5) is 16.5. The largest absolute Gasteiger partial charge is 0.390 e. The maximum Gasteiger partial charge on any atom is 0.234 e. The molecule has 0 saturated carbocycles. The van der Waals surface area contributed by atoms with Gasteiger partial charge in [0.2, 0.25) is 5.91 Å². The molecule has 0 fully saturated rings. The fourth-order valence-corrected chi connectivity index (χ4v) is 3.30. The molecule has 2 aromatic carbocycles.